The highest BCUT2D eigenvalue weighted by atomic mass is 16.4. The second-order valence-corrected chi connectivity index (χ2v) is 7.40. The number of benzene rings is 2. The normalized spacial score (nSPS) is 13.7. The van der Waals surface area contributed by atoms with Crippen LogP contribution in [0.2, 0.25) is 0 Å². The van der Waals surface area contributed by atoms with E-state index in [1.807, 2.05) is 42.7 Å². The van der Waals surface area contributed by atoms with Crippen molar-refractivity contribution in [2.45, 2.75) is 38.6 Å². The summed E-state index contributed by atoms with van der Waals surface area (Å²) in [5, 5.41) is 18.4. The third-order valence-corrected chi connectivity index (χ3v) is 5.30. The summed E-state index contributed by atoms with van der Waals surface area (Å²) in [5.41, 5.74) is 3.72. The number of rotatable bonds is 4. The highest BCUT2D eigenvalue weighted by Gasteiger charge is 2.20. The monoisotopic (exact) mass is 419 g/mol. The van der Waals surface area contributed by atoms with Gasteiger partial charge in [-0.15, -0.1) is 10.2 Å². The van der Waals surface area contributed by atoms with Crippen LogP contribution in [0.3, 0.4) is 0 Å². The number of nitrogens with zero attached hydrogens (tertiary/aromatic N) is 4. The zero-order chi connectivity index (χ0) is 21.6. The fraction of sp³-hybridized carbons (Fsp3) is 0.304. The van der Waals surface area contributed by atoms with Crippen molar-refractivity contribution in [3.8, 4) is 22.8 Å². The van der Waals surface area contributed by atoms with Gasteiger partial charge in [-0.3, -0.25) is 0 Å². The summed E-state index contributed by atoms with van der Waals surface area (Å²) in [7, 11) is 0. The van der Waals surface area contributed by atoms with Crippen LogP contribution >= 0.6 is 0 Å². The van der Waals surface area contributed by atoms with E-state index in [0.717, 1.165) is 28.1 Å². The smallest absolute Gasteiger partial charge is 0.404 e. The number of carboxylic acid groups (broad SMARTS) is 1. The minimum Gasteiger partial charge on any atom is -0.465 e. The summed E-state index contributed by atoms with van der Waals surface area (Å²) in [6.45, 7) is 2.21. The van der Waals surface area contributed by atoms with Gasteiger partial charge in [0.25, 0.3) is 0 Å². The molecule has 1 saturated carbocycles. The minimum absolute atomic E-state index is 0.481. The number of fused-ring (bicyclic) bond motifs is 1. The summed E-state index contributed by atoms with van der Waals surface area (Å²) >= 11 is 0. The van der Waals surface area contributed by atoms with Gasteiger partial charge in [-0.25, -0.2) is 9.78 Å². The van der Waals surface area contributed by atoms with Gasteiger partial charge in [0.15, 0.2) is 11.4 Å². The Balaban J connectivity index is 0.000000342. The maximum absolute atomic E-state index is 9.49. The molecule has 31 heavy (non-hydrogen) atoms. The Morgan fingerprint density at radius 3 is 2.48 bits per heavy atom. The highest BCUT2D eigenvalue weighted by molar-refractivity contribution is 5.76. The molecule has 0 radical (unpaired) electrons. The Hall–Kier alpha value is -3.68. The predicted molar refractivity (Wildman–Crippen MR) is 118 cm³/mol. The molecule has 1 aliphatic carbocycles. The lowest BCUT2D eigenvalue weighted by molar-refractivity contribution is 0.195. The van der Waals surface area contributed by atoms with Crippen LogP contribution in [0.4, 0.5) is 4.79 Å². The maximum Gasteiger partial charge on any atom is 0.404 e. The lowest BCUT2D eigenvalue weighted by atomic mass is 10.1. The molecule has 0 unspecified atom stereocenters. The Morgan fingerprint density at radius 2 is 1.84 bits per heavy atom. The quantitative estimate of drug-likeness (QED) is 0.474. The highest BCUT2D eigenvalue weighted by Crippen LogP contribution is 2.33. The summed E-state index contributed by atoms with van der Waals surface area (Å²) < 4.78 is 8.07. The molecule has 0 bridgehead atoms. The first-order valence-electron chi connectivity index (χ1n) is 10.5. The number of hydrogen-bond donors (Lipinski definition) is 2. The summed E-state index contributed by atoms with van der Waals surface area (Å²) in [4.78, 5) is 14.0. The lowest BCUT2D eigenvalue weighted by Gasteiger charge is -2.13. The molecule has 0 saturated heterocycles. The zero-order valence-corrected chi connectivity index (χ0v) is 17.4. The Kier molecular flexibility index (Phi) is 6.26. The fourth-order valence-electron chi connectivity index (χ4n) is 3.81. The van der Waals surface area contributed by atoms with Crippen LogP contribution in [0.1, 0.15) is 38.6 Å². The minimum atomic E-state index is -0.961. The molecular weight excluding hydrogens is 394 g/mol. The molecule has 0 atom stereocenters. The van der Waals surface area contributed by atoms with E-state index in [4.69, 9.17) is 9.52 Å². The second kappa shape index (κ2) is 9.42. The van der Waals surface area contributed by atoms with Crippen molar-refractivity contribution in [1.29, 1.82) is 0 Å². The molecule has 2 heterocycles. The van der Waals surface area contributed by atoms with Crippen molar-refractivity contribution in [2.24, 2.45) is 0 Å². The summed E-state index contributed by atoms with van der Waals surface area (Å²) in [6, 6.07) is 16.6. The largest absolute Gasteiger partial charge is 0.465 e. The van der Waals surface area contributed by atoms with Crippen LogP contribution < -0.4 is 5.32 Å². The molecule has 0 spiro atoms. The van der Waals surface area contributed by atoms with Crippen molar-refractivity contribution in [3.05, 3.63) is 54.9 Å². The maximum atomic E-state index is 9.49. The van der Waals surface area contributed by atoms with E-state index < -0.39 is 6.09 Å². The van der Waals surface area contributed by atoms with Gasteiger partial charge in [0.1, 0.15) is 11.8 Å². The first-order chi connectivity index (χ1) is 15.2. The second-order valence-electron chi connectivity index (χ2n) is 7.40. The number of nitrogens with one attached hydrogen (secondary N) is 1. The van der Waals surface area contributed by atoms with Gasteiger partial charge in [0.05, 0.1) is 0 Å². The van der Waals surface area contributed by atoms with Crippen molar-refractivity contribution in [2.75, 3.05) is 6.54 Å². The molecular formula is C23H25N5O3. The van der Waals surface area contributed by atoms with Gasteiger partial charge in [-0.1, -0.05) is 37.1 Å². The topological polar surface area (TPSA) is 106 Å². The first-order valence-corrected chi connectivity index (χ1v) is 10.5. The number of oxazole rings is 1. The number of aromatic nitrogens is 4. The van der Waals surface area contributed by atoms with Crippen LogP contribution in [0.25, 0.3) is 33.9 Å². The number of para-hydroxylation sites is 2. The Bertz CT molecular complexity index is 1110. The average molecular weight is 419 g/mol. The van der Waals surface area contributed by atoms with Gasteiger partial charge in [0, 0.05) is 23.7 Å². The first kappa shape index (κ1) is 20.6. The molecule has 5 rings (SSSR count). The van der Waals surface area contributed by atoms with Crippen molar-refractivity contribution in [3.63, 3.8) is 0 Å². The van der Waals surface area contributed by atoms with Gasteiger partial charge >= 0.3 is 6.09 Å². The molecule has 160 valence electrons. The summed E-state index contributed by atoms with van der Waals surface area (Å²) in [6.07, 6.45) is 5.91. The fourth-order valence-corrected chi connectivity index (χ4v) is 3.81. The molecule has 1 aliphatic rings. The van der Waals surface area contributed by atoms with Crippen LogP contribution in [0, 0.1) is 0 Å². The van der Waals surface area contributed by atoms with E-state index in [9.17, 15) is 4.79 Å². The average Bonchev–Trinajstić information content (AvgIpc) is 3.54. The Labute approximate surface area is 179 Å². The van der Waals surface area contributed by atoms with Crippen LogP contribution in [0.5, 0.6) is 0 Å². The number of amides is 1. The van der Waals surface area contributed by atoms with Crippen molar-refractivity contribution >= 4 is 17.2 Å². The van der Waals surface area contributed by atoms with Gasteiger partial charge in [-0.2, -0.15) is 0 Å². The van der Waals surface area contributed by atoms with E-state index in [1.54, 1.807) is 6.92 Å². The molecule has 1 fully saturated rings. The molecule has 1 amide bonds. The van der Waals surface area contributed by atoms with Gasteiger partial charge < -0.3 is 19.4 Å². The molecule has 2 aromatic heterocycles. The van der Waals surface area contributed by atoms with E-state index in [2.05, 4.69) is 37.2 Å². The van der Waals surface area contributed by atoms with Crippen LogP contribution in [-0.4, -0.2) is 37.5 Å². The standard InChI is InChI=1S/C20H18N4O.C3H7NO2/c1-2-6-16(5-1)24-13-21-23-19(24)14-9-11-15(12-10-14)20-22-17-7-3-4-8-18(17)25-20;1-2-4-3(5)6/h3-4,7-13,16H,1-2,5-6H2;4H,2H2,1H3,(H,5,6). The zero-order valence-electron chi connectivity index (χ0n) is 17.4. The molecule has 8 heteroatoms. The Morgan fingerprint density at radius 1 is 1.13 bits per heavy atom. The molecule has 2 N–H and O–H groups in total. The van der Waals surface area contributed by atoms with E-state index in [-0.39, 0.29) is 0 Å². The summed E-state index contributed by atoms with van der Waals surface area (Å²) in [5.74, 6) is 1.58. The van der Waals surface area contributed by atoms with Gasteiger partial charge in [0.2, 0.25) is 5.89 Å². The van der Waals surface area contributed by atoms with E-state index >= 15 is 0 Å². The SMILES string of the molecule is CCNC(=O)O.c1ccc2oc(-c3ccc(-c4nncn4C4CCCC4)cc3)nc2c1. The van der Waals surface area contributed by atoms with Crippen LogP contribution in [-0.2, 0) is 0 Å². The third kappa shape index (κ3) is 4.74. The third-order valence-electron chi connectivity index (χ3n) is 5.30. The van der Waals surface area contributed by atoms with Crippen molar-refractivity contribution in [1.82, 2.24) is 25.1 Å². The molecule has 0 aliphatic heterocycles. The molecule has 2 aromatic carbocycles. The number of hydrogen-bond acceptors (Lipinski definition) is 5. The molecule has 8 nitrogen and oxygen atoms in total. The van der Waals surface area contributed by atoms with Crippen molar-refractivity contribution < 1.29 is 14.3 Å². The molecule has 4 aromatic rings. The van der Waals surface area contributed by atoms with E-state index in [0.29, 0.717) is 18.5 Å². The van der Waals surface area contributed by atoms with E-state index in [1.165, 1.54) is 25.7 Å². The predicted octanol–water partition coefficient (Wildman–Crippen LogP) is 5.14. The number of carbonyl (C=O) groups is 1. The lowest BCUT2D eigenvalue weighted by Crippen LogP contribution is -2.19. The van der Waals surface area contributed by atoms with Gasteiger partial charge in [-0.05, 0) is 44.0 Å². The van der Waals surface area contributed by atoms with Crippen LogP contribution in [0.15, 0.2) is 59.3 Å².